The summed E-state index contributed by atoms with van der Waals surface area (Å²) in [5, 5.41) is 17.9. The zero-order valence-corrected chi connectivity index (χ0v) is 7.14. The highest BCUT2D eigenvalue weighted by molar-refractivity contribution is 5.55. The van der Waals surface area contributed by atoms with Crippen LogP contribution in [0.3, 0.4) is 0 Å². The van der Waals surface area contributed by atoms with E-state index in [0.717, 1.165) is 0 Å². The summed E-state index contributed by atoms with van der Waals surface area (Å²) in [4.78, 5) is 3.93. The van der Waals surface area contributed by atoms with Crippen LogP contribution in [0.1, 0.15) is 5.69 Å². The third-order valence-corrected chi connectivity index (χ3v) is 1.75. The highest BCUT2D eigenvalue weighted by Crippen LogP contribution is 2.21. The van der Waals surface area contributed by atoms with Crippen molar-refractivity contribution in [3.63, 3.8) is 0 Å². The lowest BCUT2D eigenvalue weighted by atomic mass is 10.2. The van der Waals surface area contributed by atoms with Gasteiger partial charge in [0, 0.05) is 0 Å². The largest absolute Gasteiger partial charge is 0.505 e. The summed E-state index contributed by atoms with van der Waals surface area (Å²) in [5.74, 6) is 0.448. The summed E-state index contributed by atoms with van der Waals surface area (Å²) in [5.41, 5.74) is 0.531. The molecule has 2 heterocycles. The van der Waals surface area contributed by atoms with Crippen molar-refractivity contribution in [3.8, 4) is 23.3 Å². The van der Waals surface area contributed by atoms with Crippen LogP contribution in [-0.4, -0.2) is 10.1 Å². The molecule has 2 aromatic rings. The Hall–Kier alpha value is -2.28. The predicted octanol–water partition coefficient (Wildman–Crippen LogP) is 1.92. The molecular formula is C10H6N2O2. The Kier molecular flexibility index (Phi) is 1.92. The van der Waals surface area contributed by atoms with Gasteiger partial charge in [-0.15, -0.1) is 0 Å². The van der Waals surface area contributed by atoms with E-state index in [-0.39, 0.29) is 11.4 Å². The molecule has 2 aromatic heterocycles. The van der Waals surface area contributed by atoms with Crippen LogP contribution in [0.25, 0.3) is 11.5 Å². The Bertz CT molecular complexity index is 483. The Morgan fingerprint density at radius 3 is 2.86 bits per heavy atom. The molecule has 0 aliphatic rings. The van der Waals surface area contributed by atoms with Crippen molar-refractivity contribution in [1.29, 1.82) is 5.26 Å². The molecule has 0 fully saturated rings. The van der Waals surface area contributed by atoms with Crippen molar-refractivity contribution in [2.45, 2.75) is 0 Å². The Morgan fingerprint density at radius 1 is 1.36 bits per heavy atom. The maximum atomic E-state index is 9.22. The van der Waals surface area contributed by atoms with Crippen LogP contribution in [-0.2, 0) is 0 Å². The lowest BCUT2D eigenvalue weighted by Gasteiger charge is -1.98. The van der Waals surface area contributed by atoms with E-state index in [1.165, 1.54) is 12.3 Å². The Balaban J connectivity index is 2.53. The molecule has 0 saturated carbocycles. The molecular weight excluding hydrogens is 180 g/mol. The van der Waals surface area contributed by atoms with Crippen molar-refractivity contribution in [2.24, 2.45) is 0 Å². The molecule has 0 aliphatic heterocycles. The first-order valence-electron chi connectivity index (χ1n) is 3.95. The molecule has 0 aliphatic carbocycles. The Labute approximate surface area is 80.1 Å². The molecule has 0 atom stereocenters. The van der Waals surface area contributed by atoms with Gasteiger partial charge in [-0.1, -0.05) is 0 Å². The van der Waals surface area contributed by atoms with Crippen LogP contribution < -0.4 is 0 Å². The summed E-state index contributed by atoms with van der Waals surface area (Å²) in [6.45, 7) is 0. The number of hydrogen-bond donors (Lipinski definition) is 1. The summed E-state index contributed by atoms with van der Waals surface area (Å²) in [6.07, 6.45) is 1.52. The number of hydrogen-bond acceptors (Lipinski definition) is 4. The number of nitriles is 1. The zero-order valence-electron chi connectivity index (χ0n) is 7.14. The maximum Gasteiger partial charge on any atom is 0.183 e. The molecule has 68 valence electrons. The molecule has 14 heavy (non-hydrogen) atoms. The highest BCUT2D eigenvalue weighted by atomic mass is 16.3. The molecule has 0 spiro atoms. The summed E-state index contributed by atoms with van der Waals surface area (Å²) >= 11 is 0. The van der Waals surface area contributed by atoms with Gasteiger partial charge >= 0.3 is 0 Å². The summed E-state index contributed by atoms with van der Waals surface area (Å²) in [7, 11) is 0. The van der Waals surface area contributed by atoms with E-state index in [4.69, 9.17) is 9.68 Å². The smallest absolute Gasteiger partial charge is 0.183 e. The van der Waals surface area contributed by atoms with Gasteiger partial charge < -0.3 is 9.52 Å². The van der Waals surface area contributed by atoms with E-state index in [9.17, 15) is 5.11 Å². The van der Waals surface area contributed by atoms with Crippen LogP contribution in [0, 0.1) is 11.3 Å². The fourth-order valence-electron chi connectivity index (χ4n) is 1.10. The Morgan fingerprint density at radius 2 is 2.21 bits per heavy atom. The minimum Gasteiger partial charge on any atom is -0.505 e. The first-order valence-corrected chi connectivity index (χ1v) is 3.95. The monoisotopic (exact) mass is 186 g/mol. The molecule has 0 aromatic carbocycles. The lowest BCUT2D eigenvalue weighted by Crippen LogP contribution is -1.86. The van der Waals surface area contributed by atoms with Crippen LogP contribution in [0.15, 0.2) is 34.9 Å². The van der Waals surface area contributed by atoms with Gasteiger partial charge in [-0.3, -0.25) is 0 Å². The second-order valence-corrected chi connectivity index (χ2v) is 2.65. The molecule has 0 radical (unpaired) electrons. The van der Waals surface area contributed by atoms with E-state index in [1.807, 2.05) is 0 Å². The van der Waals surface area contributed by atoms with Crippen molar-refractivity contribution in [3.05, 3.63) is 36.2 Å². The topological polar surface area (TPSA) is 70.0 Å². The van der Waals surface area contributed by atoms with Crippen molar-refractivity contribution in [2.75, 3.05) is 0 Å². The number of rotatable bonds is 1. The molecule has 2 rings (SSSR count). The molecule has 0 bridgehead atoms. The van der Waals surface area contributed by atoms with Gasteiger partial charge in [0.1, 0.15) is 11.8 Å². The predicted molar refractivity (Wildman–Crippen MR) is 48.3 cm³/mol. The number of aromatic nitrogens is 1. The van der Waals surface area contributed by atoms with Gasteiger partial charge in [-0.05, 0) is 24.3 Å². The normalized spacial score (nSPS) is 9.64. The SMILES string of the molecule is N#Cc1nc(-c2ccco2)ccc1O. The van der Waals surface area contributed by atoms with Crippen LogP contribution in [0.5, 0.6) is 5.75 Å². The van der Waals surface area contributed by atoms with E-state index in [2.05, 4.69) is 4.98 Å². The summed E-state index contributed by atoms with van der Waals surface area (Å²) in [6, 6.07) is 8.28. The lowest BCUT2D eigenvalue weighted by molar-refractivity contribution is 0.470. The van der Waals surface area contributed by atoms with E-state index < -0.39 is 0 Å². The maximum absolute atomic E-state index is 9.22. The van der Waals surface area contributed by atoms with Crippen molar-refractivity contribution < 1.29 is 9.52 Å². The van der Waals surface area contributed by atoms with Crippen LogP contribution >= 0.6 is 0 Å². The minimum absolute atomic E-state index is 0.00102. The number of pyridine rings is 1. The first kappa shape index (κ1) is 8.32. The van der Waals surface area contributed by atoms with Gasteiger partial charge in [0.2, 0.25) is 0 Å². The fourth-order valence-corrected chi connectivity index (χ4v) is 1.10. The van der Waals surface area contributed by atoms with Gasteiger partial charge in [0.25, 0.3) is 0 Å². The van der Waals surface area contributed by atoms with Crippen molar-refractivity contribution in [1.82, 2.24) is 4.98 Å². The first-order chi connectivity index (χ1) is 6.81. The van der Waals surface area contributed by atoms with Gasteiger partial charge in [0.15, 0.2) is 17.2 Å². The van der Waals surface area contributed by atoms with Gasteiger partial charge in [-0.25, -0.2) is 4.98 Å². The molecule has 1 N–H and O–H groups in total. The molecule has 4 heteroatoms. The van der Waals surface area contributed by atoms with Gasteiger partial charge in [0.05, 0.1) is 6.26 Å². The number of aromatic hydroxyl groups is 1. The molecule has 0 saturated heterocycles. The minimum atomic E-state index is -0.122. The van der Waals surface area contributed by atoms with E-state index in [0.29, 0.717) is 11.5 Å². The number of furan rings is 1. The third-order valence-electron chi connectivity index (χ3n) is 1.75. The van der Waals surface area contributed by atoms with Crippen molar-refractivity contribution >= 4 is 0 Å². The second kappa shape index (κ2) is 3.23. The van der Waals surface area contributed by atoms with E-state index in [1.54, 1.807) is 24.3 Å². The van der Waals surface area contributed by atoms with Crippen LogP contribution in [0.2, 0.25) is 0 Å². The standard InChI is InChI=1S/C10H6N2O2/c11-6-8-9(13)4-3-7(12-8)10-2-1-5-14-10/h1-5,13H. The average Bonchev–Trinajstić information content (AvgIpc) is 2.71. The second-order valence-electron chi connectivity index (χ2n) is 2.65. The van der Waals surface area contributed by atoms with Crippen LogP contribution in [0.4, 0.5) is 0 Å². The third kappa shape index (κ3) is 1.31. The molecule has 0 amide bonds. The number of nitrogens with zero attached hydrogens (tertiary/aromatic N) is 2. The highest BCUT2D eigenvalue weighted by Gasteiger charge is 2.06. The zero-order chi connectivity index (χ0) is 9.97. The fraction of sp³-hybridized carbons (Fsp3) is 0. The van der Waals surface area contributed by atoms with E-state index >= 15 is 0 Å². The summed E-state index contributed by atoms with van der Waals surface area (Å²) < 4.78 is 5.11. The molecule has 4 nitrogen and oxygen atoms in total. The quantitative estimate of drug-likeness (QED) is 0.738. The molecule has 0 unspecified atom stereocenters. The van der Waals surface area contributed by atoms with Gasteiger partial charge in [-0.2, -0.15) is 5.26 Å². The average molecular weight is 186 g/mol.